The van der Waals surface area contributed by atoms with Gasteiger partial charge in [-0.3, -0.25) is 13.9 Å². The fourth-order valence-corrected chi connectivity index (χ4v) is 4.83. The van der Waals surface area contributed by atoms with Crippen LogP contribution in [0.5, 0.6) is 5.75 Å². The van der Waals surface area contributed by atoms with Gasteiger partial charge in [0.05, 0.1) is 19.1 Å². The topological polar surface area (TPSA) is 96.0 Å². The maximum Gasteiger partial charge on any atom is 0.244 e. The third-order valence-electron chi connectivity index (χ3n) is 5.48. The molecule has 0 aliphatic heterocycles. The Morgan fingerprint density at radius 2 is 1.81 bits per heavy atom. The summed E-state index contributed by atoms with van der Waals surface area (Å²) in [6.07, 6.45) is 1.42. The second kappa shape index (κ2) is 12.1. The van der Waals surface area contributed by atoms with Gasteiger partial charge in [0.2, 0.25) is 21.8 Å². The minimum Gasteiger partial charge on any atom is -0.497 e. The highest BCUT2D eigenvalue weighted by molar-refractivity contribution is 9.10. The van der Waals surface area contributed by atoms with Gasteiger partial charge in [0.1, 0.15) is 18.3 Å². The maximum absolute atomic E-state index is 13.8. The smallest absolute Gasteiger partial charge is 0.244 e. The highest BCUT2D eigenvalue weighted by Gasteiger charge is 2.33. The predicted octanol–water partition coefficient (Wildman–Crippen LogP) is 4.25. The molecule has 10 heteroatoms. The van der Waals surface area contributed by atoms with Crippen LogP contribution in [0.25, 0.3) is 0 Å². The fourth-order valence-electron chi connectivity index (χ4n) is 3.74. The Labute approximate surface area is 223 Å². The van der Waals surface area contributed by atoms with E-state index >= 15 is 0 Å². The van der Waals surface area contributed by atoms with Crippen molar-refractivity contribution in [2.45, 2.75) is 59.2 Å². The molecule has 0 aliphatic carbocycles. The molecule has 198 valence electrons. The molecule has 0 bridgehead atoms. The Kier molecular flexibility index (Phi) is 9.96. The number of hydrogen-bond donors (Lipinski definition) is 1. The summed E-state index contributed by atoms with van der Waals surface area (Å²) in [6.45, 7) is 8.94. The quantitative estimate of drug-likeness (QED) is 0.452. The van der Waals surface area contributed by atoms with E-state index in [1.807, 2.05) is 40.7 Å². The van der Waals surface area contributed by atoms with Crippen molar-refractivity contribution >= 4 is 43.5 Å². The average Bonchev–Trinajstić information content (AvgIpc) is 2.77. The molecule has 0 aromatic heterocycles. The SMILES string of the molecule is CC[C@@H](C(=O)NC(C)(C)C)N(Cc1cccc(OC)c1)C(=O)CN(c1ccc(Br)c(C)c1)S(C)(=O)=O. The standard InChI is InChI=1S/C26H36BrN3O5S/c1-8-23(25(32)28-26(3,4)5)29(16-19-10-9-11-21(15-19)35-6)24(31)17-30(36(7,33)34)20-12-13-22(27)18(2)14-20/h9-15,23H,8,16-17H2,1-7H3,(H,28,32)/t23-/m0/s1. The molecule has 2 rings (SSSR count). The molecule has 0 aliphatic rings. The van der Waals surface area contributed by atoms with Gasteiger partial charge in [0.25, 0.3) is 0 Å². The van der Waals surface area contributed by atoms with E-state index in [0.717, 1.165) is 26.2 Å². The number of benzene rings is 2. The molecule has 0 heterocycles. The first-order valence-corrected chi connectivity index (χ1v) is 14.3. The second-order valence-corrected chi connectivity index (χ2v) is 12.5. The van der Waals surface area contributed by atoms with Crippen molar-refractivity contribution in [1.29, 1.82) is 0 Å². The molecule has 36 heavy (non-hydrogen) atoms. The van der Waals surface area contributed by atoms with E-state index in [1.165, 1.54) is 4.90 Å². The predicted molar refractivity (Wildman–Crippen MR) is 147 cm³/mol. The molecular formula is C26H36BrN3O5S. The van der Waals surface area contributed by atoms with E-state index in [0.29, 0.717) is 17.9 Å². The molecule has 1 atom stereocenters. The van der Waals surface area contributed by atoms with Crippen LogP contribution < -0.4 is 14.4 Å². The Balaban J connectivity index is 2.49. The number of nitrogens with zero attached hydrogens (tertiary/aromatic N) is 2. The van der Waals surface area contributed by atoms with Gasteiger partial charge in [-0.15, -0.1) is 0 Å². The second-order valence-electron chi connectivity index (χ2n) is 9.74. The Bertz CT molecular complexity index is 1190. The number of rotatable bonds is 10. The van der Waals surface area contributed by atoms with Crippen LogP contribution in [-0.2, 0) is 26.2 Å². The van der Waals surface area contributed by atoms with Crippen molar-refractivity contribution in [3.63, 3.8) is 0 Å². The van der Waals surface area contributed by atoms with Crippen LogP contribution in [-0.4, -0.2) is 56.6 Å². The average molecular weight is 583 g/mol. The summed E-state index contributed by atoms with van der Waals surface area (Å²) < 4.78 is 32.7. The molecule has 0 spiro atoms. The minimum atomic E-state index is -3.79. The van der Waals surface area contributed by atoms with Crippen molar-refractivity contribution in [1.82, 2.24) is 10.2 Å². The highest BCUT2D eigenvalue weighted by Crippen LogP contribution is 2.25. The number of sulfonamides is 1. The molecule has 2 aromatic rings. The van der Waals surface area contributed by atoms with E-state index in [4.69, 9.17) is 4.74 Å². The van der Waals surface area contributed by atoms with Crippen molar-refractivity contribution in [3.8, 4) is 5.75 Å². The third-order valence-corrected chi connectivity index (χ3v) is 7.51. The zero-order chi connectivity index (χ0) is 27.3. The first-order chi connectivity index (χ1) is 16.7. The molecule has 2 aromatic carbocycles. The zero-order valence-corrected chi connectivity index (χ0v) is 24.4. The Morgan fingerprint density at radius 3 is 2.33 bits per heavy atom. The van der Waals surface area contributed by atoms with Gasteiger partial charge < -0.3 is 15.0 Å². The molecule has 0 unspecified atom stereocenters. The van der Waals surface area contributed by atoms with E-state index in [1.54, 1.807) is 43.5 Å². The molecule has 0 radical (unpaired) electrons. The van der Waals surface area contributed by atoms with Crippen molar-refractivity contribution < 1.29 is 22.7 Å². The maximum atomic E-state index is 13.8. The van der Waals surface area contributed by atoms with Gasteiger partial charge in [-0.05, 0) is 75.6 Å². The minimum absolute atomic E-state index is 0.114. The number of aryl methyl sites for hydroxylation is 1. The van der Waals surface area contributed by atoms with E-state index in [-0.39, 0.29) is 12.5 Å². The summed E-state index contributed by atoms with van der Waals surface area (Å²) in [7, 11) is -2.24. The molecule has 0 fully saturated rings. The summed E-state index contributed by atoms with van der Waals surface area (Å²) in [5, 5.41) is 2.95. The summed E-state index contributed by atoms with van der Waals surface area (Å²) in [4.78, 5) is 28.4. The number of ether oxygens (including phenoxy) is 1. The van der Waals surface area contributed by atoms with Crippen molar-refractivity contribution in [2.75, 3.05) is 24.2 Å². The lowest BCUT2D eigenvalue weighted by Crippen LogP contribution is -2.55. The summed E-state index contributed by atoms with van der Waals surface area (Å²) in [5.41, 5.74) is 1.47. The number of methoxy groups -OCH3 is 1. The molecular weight excluding hydrogens is 546 g/mol. The lowest BCUT2D eigenvalue weighted by atomic mass is 10.1. The number of carbonyl (C=O) groups excluding carboxylic acids is 2. The number of carbonyl (C=O) groups is 2. The van der Waals surface area contributed by atoms with Crippen LogP contribution in [0.4, 0.5) is 5.69 Å². The lowest BCUT2D eigenvalue weighted by Gasteiger charge is -2.34. The van der Waals surface area contributed by atoms with Gasteiger partial charge in [-0.2, -0.15) is 0 Å². The van der Waals surface area contributed by atoms with Crippen LogP contribution in [0.2, 0.25) is 0 Å². The molecule has 0 saturated heterocycles. The number of halogens is 1. The monoisotopic (exact) mass is 581 g/mol. The lowest BCUT2D eigenvalue weighted by molar-refractivity contribution is -0.141. The fraction of sp³-hybridized carbons (Fsp3) is 0.462. The largest absolute Gasteiger partial charge is 0.497 e. The van der Waals surface area contributed by atoms with Gasteiger partial charge in [0, 0.05) is 16.6 Å². The van der Waals surface area contributed by atoms with Crippen molar-refractivity contribution in [2.24, 2.45) is 0 Å². The molecule has 8 nitrogen and oxygen atoms in total. The van der Waals surface area contributed by atoms with Crippen LogP contribution in [0, 0.1) is 6.92 Å². The summed E-state index contributed by atoms with van der Waals surface area (Å²) >= 11 is 3.42. The number of nitrogens with one attached hydrogen (secondary N) is 1. The van der Waals surface area contributed by atoms with E-state index in [9.17, 15) is 18.0 Å². The Morgan fingerprint density at radius 1 is 1.14 bits per heavy atom. The Hall–Kier alpha value is -2.59. The van der Waals surface area contributed by atoms with Crippen molar-refractivity contribution in [3.05, 3.63) is 58.1 Å². The van der Waals surface area contributed by atoms with Gasteiger partial charge in [0.15, 0.2) is 0 Å². The van der Waals surface area contributed by atoms with Crippen LogP contribution >= 0.6 is 15.9 Å². The van der Waals surface area contributed by atoms with Crippen LogP contribution in [0.1, 0.15) is 45.2 Å². The normalized spacial score (nSPS) is 12.6. The first-order valence-electron chi connectivity index (χ1n) is 11.6. The highest BCUT2D eigenvalue weighted by atomic mass is 79.9. The number of hydrogen-bond acceptors (Lipinski definition) is 5. The van der Waals surface area contributed by atoms with Gasteiger partial charge in [-0.25, -0.2) is 8.42 Å². The summed E-state index contributed by atoms with van der Waals surface area (Å²) in [5.74, 6) is -0.165. The van der Waals surface area contributed by atoms with E-state index < -0.39 is 34.1 Å². The summed E-state index contributed by atoms with van der Waals surface area (Å²) in [6, 6.07) is 11.5. The molecule has 2 amide bonds. The third kappa shape index (κ3) is 8.23. The molecule has 1 N–H and O–H groups in total. The van der Waals surface area contributed by atoms with Gasteiger partial charge in [-0.1, -0.05) is 35.0 Å². The number of amides is 2. The first kappa shape index (κ1) is 29.6. The van der Waals surface area contributed by atoms with E-state index in [2.05, 4.69) is 21.2 Å². The zero-order valence-electron chi connectivity index (χ0n) is 22.0. The van der Waals surface area contributed by atoms with Crippen LogP contribution in [0.15, 0.2) is 46.9 Å². The van der Waals surface area contributed by atoms with Crippen LogP contribution in [0.3, 0.4) is 0 Å². The number of anilines is 1. The van der Waals surface area contributed by atoms with Gasteiger partial charge >= 0.3 is 0 Å². The molecule has 0 saturated carbocycles.